The minimum absolute atomic E-state index is 0.233. The highest BCUT2D eigenvalue weighted by Crippen LogP contribution is 2.48. The third kappa shape index (κ3) is 2.85. The van der Waals surface area contributed by atoms with Crippen molar-refractivity contribution in [1.82, 2.24) is 0 Å². The van der Waals surface area contributed by atoms with Crippen molar-refractivity contribution >= 4 is 34.9 Å². The zero-order valence-corrected chi connectivity index (χ0v) is 17.7. The van der Waals surface area contributed by atoms with Crippen LogP contribution in [0.3, 0.4) is 0 Å². The Labute approximate surface area is 180 Å². The van der Waals surface area contributed by atoms with Gasteiger partial charge < -0.3 is 19.3 Å². The van der Waals surface area contributed by atoms with E-state index in [4.69, 9.17) is 21.1 Å². The van der Waals surface area contributed by atoms with Gasteiger partial charge in [-0.05, 0) is 29.8 Å². The molecule has 0 unspecified atom stereocenters. The van der Waals surface area contributed by atoms with Crippen LogP contribution in [-0.4, -0.2) is 43.4 Å². The third-order valence-electron chi connectivity index (χ3n) is 6.30. The Bertz CT molecular complexity index is 1000. The number of piperazine rings is 1. The summed E-state index contributed by atoms with van der Waals surface area (Å²) in [4.78, 5) is 31.1. The molecule has 0 N–H and O–H groups in total. The van der Waals surface area contributed by atoms with Crippen LogP contribution in [-0.2, 0) is 25.5 Å². The van der Waals surface area contributed by atoms with Crippen molar-refractivity contribution in [3.8, 4) is 0 Å². The second-order valence-corrected chi connectivity index (χ2v) is 9.03. The second-order valence-electron chi connectivity index (χ2n) is 8.59. The fourth-order valence-corrected chi connectivity index (χ4v) is 5.05. The second kappa shape index (κ2) is 6.64. The molecule has 0 aliphatic carbocycles. The van der Waals surface area contributed by atoms with E-state index < -0.39 is 29.2 Å². The van der Waals surface area contributed by atoms with Crippen LogP contribution in [0.4, 0.5) is 11.4 Å². The van der Waals surface area contributed by atoms with Crippen LogP contribution < -0.4 is 9.80 Å². The lowest BCUT2D eigenvalue weighted by molar-refractivity contribution is -0.253. The number of ether oxygens (including phenoxy) is 2. The molecule has 0 amide bonds. The molecule has 2 aromatic carbocycles. The van der Waals surface area contributed by atoms with Crippen molar-refractivity contribution in [2.24, 2.45) is 5.41 Å². The molecule has 2 fully saturated rings. The van der Waals surface area contributed by atoms with Crippen LogP contribution in [0.1, 0.15) is 19.4 Å². The number of hydrogen-bond donors (Lipinski definition) is 0. The maximum Gasteiger partial charge on any atom is 0.329 e. The number of carbonyl (C=O) groups excluding carboxylic acids is 2. The molecular formula is C23H23ClN2O4. The minimum atomic E-state index is -1.41. The maximum absolute atomic E-state index is 13.4. The Hall–Kier alpha value is -2.73. The van der Waals surface area contributed by atoms with Crippen LogP contribution >= 0.6 is 11.6 Å². The van der Waals surface area contributed by atoms with E-state index in [0.29, 0.717) is 18.1 Å². The van der Waals surface area contributed by atoms with E-state index in [1.165, 1.54) is 0 Å². The molecule has 5 rings (SSSR count). The molecule has 0 aromatic heterocycles. The molecule has 3 heterocycles. The van der Waals surface area contributed by atoms with Crippen LogP contribution in [0, 0.1) is 5.41 Å². The van der Waals surface area contributed by atoms with Gasteiger partial charge in [0.1, 0.15) is 0 Å². The summed E-state index contributed by atoms with van der Waals surface area (Å²) in [6.07, 6.45) is 0.233. The zero-order chi connectivity index (χ0) is 21.1. The lowest BCUT2D eigenvalue weighted by Crippen LogP contribution is -2.71. The summed E-state index contributed by atoms with van der Waals surface area (Å²) in [5.41, 5.74) is 1.51. The molecule has 2 saturated heterocycles. The van der Waals surface area contributed by atoms with Gasteiger partial charge in [-0.15, -0.1) is 0 Å². The molecule has 30 heavy (non-hydrogen) atoms. The fourth-order valence-electron chi connectivity index (χ4n) is 4.89. The summed E-state index contributed by atoms with van der Waals surface area (Å²) in [6, 6.07) is 15.2. The minimum Gasteiger partial charge on any atom is -0.422 e. The normalized spacial score (nSPS) is 24.0. The van der Waals surface area contributed by atoms with E-state index in [1.807, 2.05) is 42.5 Å². The van der Waals surface area contributed by atoms with E-state index in [-0.39, 0.29) is 6.42 Å². The fraction of sp³-hybridized carbons (Fsp3) is 0.391. The number of halogens is 1. The molecule has 0 saturated carbocycles. The Morgan fingerprint density at radius 3 is 2.40 bits per heavy atom. The first-order valence-corrected chi connectivity index (χ1v) is 10.5. The smallest absolute Gasteiger partial charge is 0.329 e. The largest absolute Gasteiger partial charge is 0.422 e. The number of esters is 2. The highest BCUT2D eigenvalue weighted by atomic mass is 35.5. The number of cyclic esters (lactones) is 2. The van der Waals surface area contributed by atoms with Crippen molar-refractivity contribution in [3.05, 3.63) is 59.1 Å². The Kier molecular flexibility index (Phi) is 4.26. The van der Waals surface area contributed by atoms with Gasteiger partial charge in [-0.25, -0.2) is 0 Å². The van der Waals surface area contributed by atoms with Gasteiger partial charge in [-0.3, -0.25) is 9.59 Å². The predicted molar refractivity (Wildman–Crippen MR) is 114 cm³/mol. The topological polar surface area (TPSA) is 59.1 Å². The number of hydrogen-bond acceptors (Lipinski definition) is 6. The molecule has 0 bridgehead atoms. The predicted octanol–water partition coefficient (Wildman–Crippen LogP) is 3.41. The SMILES string of the molecule is CC1(C)OC(=O)C2(Cc3ccc(Cl)cc3N3CCN(c4ccccc4)C[C@@H]32)C(=O)O1. The number of fused-ring (bicyclic) bond motifs is 4. The quantitative estimate of drug-likeness (QED) is 0.514. The van der Waals surface area contributed by atoms with Gasteiger partial charge >= 0.3 is 11.9 Å². The van der Waals surface area contributed by atoms with Crippen LogP contribution in [0.5, 0.6) is 0 Å². The van der Waals surface area contributed by atoms with E-state index >= 15 is 0 Å². The molecule has 3 aliphatic rings. The molecule has 6 nitrogen and oxygen atoms in total. The van der Waals surface area contributed by atoms with Crippen molar-refractivity contribution in [1.29, 1.82) is 0 Å². The molecule has 3 aliphatic heterocycles. The average Bonchev–Trinajstić information content (AvgIpc) is 2.72. The monoisotopic (exact) mass is 426 g/mol. The Balaban J connectivity index is 1.62. The molecule has 1 atom stereocenters. The molecule has 0 radical (unpaired) electrons. The maximum atomic E-state index is 13.4. The average molecular weight is 427 g/mol. The molecule has 7 heteroatoms. The zero-order valence-electron chi connectivity index (χ0n) is 16.9. The first kappa shape index (κ1) is 19.2. The summed E-state index contributed by atoms with van der Waals surface area (Å²) in [5.74, 6) is -2.30. The summed E-state index contributed by atoms with van der Waals surface area (Å²) >= 11 is 6.28. The van der Waals surface area contributed by atoms with E-state index in [0.717, 1.165) is 23.5 Å². The van der Waals surface area contributed by atoms with Crippen molar-refractivity contribution in [2.75, 3.05) is 29.4 Å². The van der Waals surface area contributed by atoms with Gasteiger partial charge in [0.05, 0.1) is 6.04 Å². The highest BCUT2D eigenvalue weighted by Gasteiger charge is 2.64. The highest BCUT2D eigenvalue weighted by molar-refractivity contribution is 6.31. The molecule has 156 valence electrons. The van der Waals surface area contributed by atoms with Crippen molar-refractivity contribution < 1.29 is 19.1 Å². The van der Waals surface area contributed by atoms with E-state index in [9.17, 15) is 9.59 Å². The van der Waals surface area contributed by atoms with Crippen LogP contribution in [0.25, 0.3) is 0 Å². The standard InChI is InChI=1S/C23H23ClN2O4/c1-22(2)29-20(27)23(21(28)30-22)13-15-8-9-16(24)12-18(15)26-11-10-25(14-19(23)26)17-6-4-3-5-7-17/h3-9,12,19H,10-11,13-14H2,1-2H3/t19-/m1/s1. The van der Waals surface area contributed by atoms with E-state index in [1.54, 1.807) is 19.9 Å². The Morgan fingerprint density at radius 2 is 1.70 bits per heavy atom. The first-order valence-electron chi connectivity index (χ1n) is 10.1. The number of nitrogens with zero attached hydrogens (tertiary/aromatic N) is 2. The van der Waals surface area contributed by atoms with Gasteiger partial charge in [-0.1, -0.05) is 35.9 Å². The van der Waals surface area contributed by atoms with Crippen LogP contribution in [0.15, 0.2) is 48.5 Å². The number of para-hydroxylation sites is 1. The van der Waals surface area contributed by atoms with Gasteiger partial charge in [-0.2, -0.15) is 0 Å². The van der Waals surface area contributed by atoms with Gasteiger partial charge in [0, 0.05) is 56.3 Å². The summed E-state index contributed by atoms with van der Waals surface area (Å²) in [6.45, 7) is 5.08. The van der Waals surface area contributed by atoms with Gasteiger partial charge in [0.15, 0.2) is 5.41 Å². The summed E-state index contributed by atoms with van der Waals surface area (Å²) < 4.78 is 11.2. The number of benzene rings is 2. The first-order chi connectivity index (χ1) is 14.3. The van der Waals surface area contributed by atoms with Crippen LogP contribution in [0.2, 0.25) is 5.02 Å². The number of anilines is 2. The van der Waals surface area contributed by atoms with Crippen molar-refractivity contribution in [3.63, 3.8) is 0 Å². The summed E-state index contributed by atoms with van der Waals surface area (Å²) in [7, 11) is 0. The third-order valence-corrected chi connectivity index (χ3v) is 6.54. The molecule has 2 aromatic rings. The Morgan fingerprint density at radius 1 is 1.00 bits per heavy atom. The van der Waals surface area contributed by atoms with Crippen molar-refractivity contribution in [2.45, 2.75) is 32.1 Å². The number of carbonyl (C=O) groups is 2. The summed E-state index contributed by atoms with van der Waals surface area (Å²) in [5, 5.41) is 0.629. The van der Waals surface area contributed by atoms with E-state index in [2.05, 4.69) is 9.80 Å². The van der Waals surface area contributed by atoms with Gasteiger partial charge in [0.25, 0.3) is 5.79 Å². The molecule has 1 spiro atoms. The lowest BCUT2D eigenvalue weighted by Gasteiger charge is -2.55. The van der Waals surface area contributed by atoms with Gasteiger partial charge in [0.2, 0.25) is 0 Å². The number of rotatable bonds is 1. The lowest BCUT2D eigenvalue weighted by atomic mass is 9.69. The molecular weight excluding hydrogens is 404 g/mol.